The van der Waals surface area contributed by atoms with Crippen molar-refractivity contribution in [3.63, 3.8) is 0 Å². The number of carbonyl (C=O) groups is 2. The monoisotopic (exact) mass is 342 g/mol. The summed E-state index contributed by atoms with van der Waals surface area (Å²) in [6, 6.07) is 10.1. The predicted molar refractivity (Wildman–Crippen MR) is 92.5 cm³/mol. The second kappa shape index (κ2) is 7.94. The topological polar surface area (TPSA) is 98.3 Å². The first-order chi connectivity index (χ1) is 12.2. The van der Waals surface area contributed by atoms with E-state index in [-0.39, 0.29) is 17.4 Å². The Morgan fingerprint density at radius 1 is 1.20 bits per heavy atom. The van der Waals surface area contributed by atoms with Gasteiger partial charge < -0.3 is 15.4 Å². The van der Waals surface area contributed by atoms with Crippen molar-refractivity contribution in [3.8, 4) is 0 Å². The Hall–Kier alpha value is -2.67. The first-order valence-corrected chi connectivity index (χ1v) is 8.50. The predicted octanol–water partition coefficient (Wildman–Crippen LogP) is 2.06. The van der Waals surface area contributed by atoms with E-state index in [1.165, 1.54) is 12.7 Å². The van der Waals surface area contributed by atoms with Crippen LogP contribution in [-0.4, -0.2) is 51.5 Å². The fourth-order valence-electron chi connectivity index (χ4n) is 3.27. The molecule has 0 bridgehead atoms. The number of hydrogen-bond acceptors (Lipinski definition) is 4. The van der Waals surface area contributed by atoms with Crippen LogP contribution >= 0.6 is 0 Å². The van der Waals surface area contributed by atoms with Crippen LogP contribution in [0.4, 0.5) is 0 Å². The van der Waals surface area contributed by atoms with Crippen molar-refractivity contribution < 1.29 is 14.7 Å². The number of benzene rings is 1. The minimum absolute atomic E-state index is 0.0673. The summed E-state index contributed by atoms with van der Waals surface area (Å²) in [7, 11) is 0. The molecular formula is C18H22N4O3. The van der Waals surface area contributed by atoms with Crippen molar-refractivity contribution in [2.75, 3.05) is 19.6 Å². The van der Waals surface area contributed by atoms with Crippen LogP contribution in [0.1, 0.15) is 51.8 Å². The van der Waals surface area contributed by atoms with E-state index >= 15 is 0 Å². The number of hydrogen-bond donors (Lipinski definition) is 3. The van der Waals surface area contributed by atoms with Gasteiger partial charge in [0.05, 0.1) is 12.4 Å². The molecule has 0 radical (unpaired) electrons. The zero-order valence-electron chi connectivity index (χ0n) is 13.9. The fourth-order valence-corrected chi connectivity index (χ4v) is 3.27. The highest BCUT2D eigenvalue weighted by Gasteiger charge is 2.25. The molecule has 1 aromatic carbocycles. The van der Waals surface area contributed by atoms with E-state index in [1.807, 2.05) is 18.2 Å². The highest BCUT2D eigenvalue weighted by atomic mass is 16.4. The Bertz CT molecular complexity index is 723. The molecule has 1 atom stereocenters. The van der Waals surface area contributed by atoms with Gasteiger partial charge in [-0.3, -0.25) is 9.69 Å². The normalized spacial score (nSPS) is 16.3. The van der Waals surface area contributed by atoms with Crippen molar-refractivity contribution in [1.82, 2.24) is 20.2 Å². The summed E-state index contributed by atoms with van der Waals surface area (Å²) in [5.74, 6) is -1.67. The number of carboxylic acid groups (broad SMARTS) is 1. The Morgan fingerprint density at radius 2 is 1.92 bits per heavy atom. The molecule has 1 aliphatic heterocycles. The van der Waals surface area contributed by atoms with Gasteiger partial charge in [0.1, 0.15) is 0 Å². The Labute approximate surface area is 146 Å². The smallest absolute Gasteiger partial charge is 0.354 e. The second-order valence-corrected chi connectivity index (χ2v) is 6.16. The number of nitrogens with one attached hydrogen (secondary N) is 2. The molecule has 1 aromatic heterocycles. The SMILES string of the molecule is O=C(NCC(c1ccccc1)N1CCCCC1)c1nc[nH]c1C(=O)O. The van der Waals surface area contributed by atoms with Crippen LogP contribution in [0.3, 0.4) is 0 Å². The van der Waals surface area contributed by atoms with Gasteiger partial charge in [-0.1, -0.05) is 36.8 Å². The molecule has 132 valence electrons. The first-order valence-electron chi connectivity index (χ1n) is 8.50. The van der Waals surface area contributed by atoms with E-state index in [9.17, 15) is 9.59 Å². The third kappa shape index (κ3) is 4.06. The van der Waals surface area contributed by atoms with Gasteiger partial charge in [0, 0.05) is 6.54 Å². The molecule has 3 N–H and O–H groups in total. The summed E-state index contributed by atoms with van der Waals surface area (Å²) in [5.41, 5.74) is 0.870. The number of piperidine rings is 1. The van der Waals surface area contributed by atoms with Crippen LogP contribution in [0.15, 0.2) is 36.7 Å². The maximum absolute atomic E-state index is 12.4. The molecule has 1 saturated heterocycles. The molecule has 1 aliphatic rings. The maximum atomic E-state index is 12.4. The molecule has 1 fully saturated rings. The summed E-state index contributed by atoms with van der Waals surface area (Å²) in [5, 5.41) is 12.0. The van der Waals surface area contributed by atoms with Crippen molar-refractivity contribution in [3.05, 3.63) is 53.6 Å². The van der Waals surface area contributed by atoms with Gasteiger partial charge in [-0.25, -0.2) is 9.78 Å². The lowest BCUT2D eigenvalue weighted by Crippen LogP contribution is -2.41. The second-order valence-electron chi connectivity index (χ2n) is 6.16. The first kappa shape index (κ1) is 17.2. The van der Waals surface area contributed by atoms with E-state index < -0.39 is 11.9 Å². The fraction of sp³-hybridized carbons (Fsp3) is 0.389. The molecule has 1 amide bonds. The summed E-state index contributed by atoms with van der Waals surface area (Å²) in [6.45, 7) is 2.41. The van der Waals surface area contributed by atoms with Crippen LogP contribution in [0.2, 0.25) is 0 Å². The zero-order valence-corrected chi connectivity index (χ0v) is 13.9. The molecule has 0 saturated carbocycles. The molecule has 7 nitrogen and oxygen atoms in total. The number of likely N-dealkylation sites (tertiary alicyclic amines) is 1. The number of aromatic carboxylic acids is 1. The van der Waals surface area contributed by atoms with E-state index in [4.69, 9.17) is 5.11 Å². The van der Waals surface area contributed by atoms with Gasteiger partial charge in [-0.05, 0) is 31.5 Å². The highest BCUT2D eigenvalue weighted by molar-refractivity contribution is 6.02. The number of aromatic amines is 1. The molecule has 3 rings (SSSR count). The number of amides is 1. The van der Waals surface area contributed by atoms with Gasteiger partial charge in [0.15, 0.2) is 11.4 Å². The third-order valence-corrected chi connectivity index (χ3v) is 4.54. The van der Waals surface area contributed by atoms with Crippen LogP contribution in [-0.2, 0) is 0 Å². The third-order valence-electron chi connectivity index (χ3n) is 4.54. The van der Waals surface area contributed by atoms with E-state index in [1.54, 1.807) is 0 Å². The summed E-state index contributed by atoms with van der Waals surface area (Å²) >= 11 is 0. The van der Waals surface area contributed by atoms with Crippen LogP contribution < -0.4 is 5.32 Å². The Morgan fingerprint density at radius 3 is 2.60 bits per heavy atom. The number of aromatic nitrogens is 2. The summed E-state index contributed by atoms with van der Waals surface area (Å²) < 4.78 is 0. The highest BCUT2D eigenvalue weighted by Crippen LogP contribution is 2.24. The molecule has 1 unspecified atom stereocenters. The summed E-state index contributed by atoms with van der Waals surface area (Å²) in [6.07, 6.45) is 4.76. The van der Waals surface area contributed by atoms with E-state index in [0.717, 1.165) is 31.5 Å². The van der Waals surface area contributed by atoms with Crippen LogP contribution in [0, 0.1) is 0 Å². The number of H-pyrrole nitrogens is 1. The molecule has 2 aromatic rings. The zero-order chi connectivity index (χ0) is 17.6. The largest absolute Gasteiger partial charge is 0.477 e. The van der Waals surface area contributed by atoms with Crippen molar-refractivity contribution in [2.45, 2.75) is 25.3 Å². The number of carboxylic acids is 1. The van der Waals surface area contributed by atoms with Crippen LogP contribution in [0.5, 0.6) is 0 Å². The number of imidazole rings is 1. The molecule has 25 heavy (non-hydrogen) atoms. The van der Waals surface area contributed by atoms with E-state index in [2.05, 4.69) is 32.3 Å². The van der Waals surface area contributed by atoms with Gasteiger partial charge in [0.25, 0.3) is 5.91 Å². The molecule has 0 spiro atoms. The standard InChI is InChI=1S/C18H22N4O3/c23-17(15-16(18(24)25)21-12-20-15)19-11-14(13-7-3-1-4-8-13)22-9-5-2-6-10-22/h1,3-4,7-8,12,14H,2,5-6,9-11H2,(H,19,23)(H,20,21)(H,24,25). The lowest BCUT2D eigenvalue weighted by atomic mass is 10.0. The Kier molecular flexibility index (Phi) is 5.45. The van der Waals surface area contributed by atoms with Crippen LogP contribution in [0.25, 0.3) is 0 Å². The molecule has 2 heterocycles. The quantitative estimate of drug-likeness (QED) is 0.746. The van der Waals surface area contributed by atoms with E-state index in [0.29, 0.717) is 6.54 Å². The minimum Gasteiger partial charge on any atom is -0.477 e. The van der Waals surface area contributed by atoms with Gasteiger partial charge >= 0.3 is 5.97 Å². The lowest BCUT2D eigenvalue weighted by molar-refractivity contribution is 0.0684. The average molecular weight is 342 g/mol. The average Bonchev–Trinajstić information content (AvgIpc) is 3.14. The molecule has 7 heteroatoms. The molecular weight excluding hydrogens is 320 g/mol. The number of nitrogens with zero attached hydrogens (tertiary/aromatic N) is 2. The van der Waals surface area contributed by atoms with Crippen molar-refractivity contribution >= 4 is 11.9 Å². The number of carbonyl (C=O) groups excluding carboxylic acids is 1. The van der Waals surface area contributed by atoms with Crippen molar-refractivity contribution in [2.24, 2.45) is 0 Å². The van der Waals surface area contributed by atoms with Gasteiger partial charge in [0.2, 0.25) is 0 Å². The Balaban J connectivity index is 1.73. The molecule has 0 aliphatic carbocycles. The summed E-state index contributed by atoms with van der Waals surface area (Å²) in [4.78, 5) is 32.2. The number of rotatable bonds is 6. The lowest BCUT2D eigenvalue weighted by Gasteiger charge is -2.35. The maximum Gasteiger partial charge on any atom is 0.354 e. The minimum atomic E-state index is -1.20. The van der Waals surface area contributed by atoms with Gasteiger partial charge in [-0.2, -0.15) is 0 Å². The van der Waals surface area contributed by atoms with Gasteiger partial charge in [-0.15, -0.1) is 0 Å². The van der Waals surface area contributed by atoms with Crippen molar-refractivity contribution in [1.29, 1.82) is 0 Å².